The molecule has 0 atom stereocenters. The number of hydrogen-bond acceptors (Lipinski definition) is 3. The monoisotopic (exact) mass is 409 g/mol. The van der Waals surface area contributed by atoms with Crippen molar-refractivity contribution in [2.75, 3.05) is 25.0 Å². The Hall–Kier alpha value is -1.91. The summed E-state index contributed by atoms with van der Waals surface area (Å²) in [5.74, 6) is 0. The fourth-order valence-electron chi connectivity index (χ4n) is 3.64. The molecule has 0 radical (unpaired) electrons. The van der Waals surface area contributed by atoms with Gasteiger partial charge in [0.2, 0.25) is 0 Å². The zero-order valence-electron chi connectivity index (χ0n) is 14.9. The molecule has 0 amide bonds. The van der Waals surface area contributed by atoms with E-state index in [1.165, 1.54) is 49.1 Å². The van der Waals surface area contributed by atoms with Gasteiger partial charge in [-0.05, 0) is 66.9 Å². The van der Waals surface area contributed by atoms with Crippen LogP contribution < -0.4 is 5.32 Å². The molecule has 1 saturated heterocycles. The Morgan fingerprint density at radius 3 is 2.65 bits per heavy atom. The number of benzene rings is 2. The van der Waals surface area contributed by atoms with Crippen molar-refractivity contribution in [1.82, 2.24) is 4.90 Å². The van der Waals surface area contributed by atoms with E-state index in [-0.39, 0.29) is 0 Å². The number of anilines is 1. The molecule has 3 nitrogen and oxygen atoms in total. The summed E-state index contributed by atoms with van der Waals surface area (Å²) in [5, 5.41) is 3.44. The summed E-state index contributed by atoms with van der Waals surface area (Å²) in [7, 11) is 0. The minimum Gasteiger partial charge on any atom is -0.361 e. The van der Waals surface area contributed by atoms with Crippen LogP contribution in [0.25, 0.3) is 5.57 Å². The molecule has 0 aliphatic carbocycles. The summed E-state index contributed by atoms with van der Waals surface area (Å²) in [6.45, 7) is 4.26. The number of aliphatic imine (C=N–C) groups is 1. The molecular formula is C22H24BrN3. The predicted octanol–water partition coefficient (Wildman–Crippen LogP) is 5.32. The Morgan fingerprint density at radius 1 is 1.04 bits per heavy atom. The quantitative estimate of drug-likeness (QED) is 0.739. The summed E-state index contributed by atoms with van der Waals surface area (Å²) in [4.78, 5) is 7.03. The maximum atomic E-state index is 4.47. The van der Waals surface area contributed by atoms with Crippen molar-refractivity contribution in [3.63, 3.8) is 0 Å². The molecule has 2 aliphatic rings. The van der Waals surface area contributed by atoms with Crippen molar-refractivity contribution < 1.29 is 0 Å². The third-order valence-corrected chi connectivity index (χ3v) is 5.57. The lowest BCUT2D eigenvalue weighted by molar-refractivity contribution is 0.221. The maximum absolute atomic E-state index is 4.47. The lowest BCUT2D eigenvalue weighted by atomic mass is 9.99. The second kappa shape index (κ2) is 8.19. The highest BCUT2D eigenvalue weighted by molar-refractivity contribution is 9.10. The van der Waals surface area contributed by atoms with E-state index in [4.69, 9.17) is 0 Å². The van der Waals surface area contributed by atoms with Gasteiger partial charge in [0.25, 0.3) is 0 Å². The Labute approximate surface area is 164 Å². The van der Waals surface area contributed by atoms with Crippen LogP contribution in [0.15, 0.2) is 58.1 Å². The van der Waals surface area contributed by atoms with Crippen molar-refractivity contribution >= 4 is 33.4 Å². The molecule has 2 aromatic carbocycles. The molecule has 0 saturated carbocycles. The topological polar surface area (TPSA) is 27.6 Å². The summed E-state index contributed by atoms with van der Waals surface area (Å²) < 4.78 is 1.08. The zero-order valence-corrected chi connectivity index (χ0v) is 16.5. The number of hydrogen-bond donors (Lipinski definition) is 1. The van der Waals surface area contributed by atoms with Gasteiger partial charge in [-0.15, -0.1) is 0 Å². The van der Waals surface area contributed by atoms with Gasteiger partial charge in [0.1, 0.15) is 0 Å². The Balaban J connectivity index is 1.42. The average Bonchev–Trinajstić information content (AvgIpc) is 2.68. The number of nitrogens with zero attached hydrogens (tertiary/aromatic N) is 2. The number of fused-ring (bicyclic) bond motifs is 1. The molecule has 0 unspecified atom stereocenters. The first-order valence-corrected chi connectivity index (χ1v) is 10.1. The van der Waals surface area contributed by atoms with Gasteiger partial charge in [-0.25, -0.2) is 0 Å². The SMILES string of the molecule is Brc1ccc2c(c1)C=NCC2=CNc1ccc(CN2CCCCC2)cc1. The highest BCUT2D eigenvalue weighted by atomic mass is 79.9. The number of likely N-dealkylation sites (tertiary alicyclic amines) is 1. The van der Waals surface area contributed by atoms with Gasteiger partial charge >= 0.3 is 0 Å². The molecule has 1 fully saturated rings. The molecule has 134 valence electrons. The highest BCUT2D eigenvalue weighted by Crippen LogP contribution is 2.25. The van der Waals surface area contributed by atoms with Crippen molar-refractivity contribution in [3.05, 3.63) is 69.8 Å². The first kappa shape index (κ1) is 17.5. The second-order valence-electron chi connectivity index (χ2n) is 7.05. The van der Waals surface area contributed by atoms with Crippen molar-refractivity contribution in [2.45, 2.75) is 25.8 Å². The van der Waals surface area contributed by atoms with Gasteiger partial charge in [0.05, 0.1) is 6.54 Å². The van der Waals surface area contributed by atoms with E-state index < -0.39 is 0 Å². The van der Waals surface area contributed by atoms with Gasteiger partial charge in [0, 0.05) is 34.7 Å². The summed E-state index contributed by atoms with van der Waals surface area (Å²) >= 11 is 3.53. The van der Waals surface area contributed by atoms with E-state index in [1.54, 1.807) is 0 Å². The van der Waals surface area contributed by atoms with Gasteiger partial charge in [-0.3, -0.25) is 9.89 Å². The van der Waals surface area contributed by atoms with E-state index in [9.17, 15) is 0 Å². The van der Waals surface area contributed by atoms with Crippen LogP contribution in [0.3, 0.4) is 0 Å². The van der Waals surface area contributed by atoms with Crippen LogP contribution in [0.1, 0.15) is 36.0 Å². The molecule has 0 spiro atoms. The minimum atomic E-state index is 0.717. The van der Waals surface area contributed by atoms with Crippen LogP contribution in [-0.4, -0.2) is 30.7 Å². The number of halogens is 1. The minimum absolute atomic E-state index is 0.717. The van der Waals surface area contributed by atoms with Crippen LogP contribution in [0.4, 0.5) is 5.69 Å². The van der Waals surface area contributed by atoms with Crippen molar-refractivity contribution in [1.29, 1.82) is 0 Å². The van der Waals surface area contributed by atoms with Gasteiger partial charge < -0.3 is 5.32 Å². The van der Waals surface area contributed by atoms with E-state index in [2.05, 4.69) is 79.8 Å². The molecule has 26 heavy (non-hydrogen) atoms. The smallest absolute Gasteiger partial charge is 0.0660 e. The molecule has 4 rings (SSSR count). The maximum Gasteiger partial charge on any atom is 0.0660 e. The molecule has 0 bridgehead atoms. The van der Waals surface area contributed by atoms with E-state index in [0.717, 1.165) is 22.3 Å². The van der Waals surface area contributed by atoms with Gasteiger partial charge in [-0.2, -0.15) is 0 Å². The van der Waals surface area contributed by atoms with Crippen LogP contribution in [0.5, 0.6) is 0 Å². The fraction of sp³-hybridized carbons (Fsp3) is 0.318. The Morgan fingerprint density at radius 2 is 1.85 bits per heavy atom. The van der Waals surface area contributed by atoms with Crippen molar-refractivity contribution in [3.8, 4) is 0 Å². The fourth-order valence-corrected chi connectivity index (χ4v) is 4.02. The van der Waals surface area contributed by atoms with Gasteiger partial charge in [0.15, 0.2) is 0 Å². The molecule has 1 N–H and O–H groups in total. The standard InChI is InChI=1S/C22H24BrN3/c23-20-6-9-22-18(12-20)13-24-14-19(22)15-25-21-7-4-17(5-8-21)16-26-10-2-1-3-11-26/h4-9,12-13,15,25H,1-3,10-11,14,16H2. The molecule has 0 aromatic heterocycles. The van der Waals surface area contributed by atoms with Crippen LogP contribution in [0.2, 0.25) is 0 Å². The Bertz CT molecular complexity index is 818. The summed E-state index contributed by atoms with van der Waals surface area (Å²) in [5.41, 5.74) is 6.14. The van der Waals surface area contributed by atoms with E-state index in [1.807, 2.05) is 6.21 Å². The third kappa shape index (κ3) is 4.25. The molecule has 2 heterocycles. The lowest BCUT2D eigenvalue weighted by Crippen LogP contribution is -2.29. The van der Waals surface area contributed by atoms with Crippen molar-refractivity contribution in [2.24, 2.45) is 4.99 Å². The second-order valence-corrected chi connectivity index (χ2v) is 7.96. The molecule has 2 aromatic rings. The number of nitrogens with one attached hydrogen (secondary N) is 1. The van der Waals surface area contributed by atoms with Crippen LogP contribution in [0, 0.1) is 0 Å². The molecule has 2 aliphatic heterocycles. The lowest BCUT2D eigenvalue weighted by Gasteiger charge is -2.26. The summed E-state index contributed by atoms with van der Waals surface area (Å²) in [6.07, 6.45) is 8.11. The largest absolute Gasteiger partial charge is 0.361 e. The van der Waals surface area contributed by atoms with Crippen LogP contribution in [-0.2, 0) is 6.54 Å². The van der Waals surface area contributed by atoms with E-state index in [0.29, 0.717) is 6.54 Å². The predicted molar refractivity (Wildman–Crippen MR) is 114 cm³/mol. The molecule has 4 heteroatoms. The zero-order chi connectivity index (χ0) is 17.8. The Kier molecular flexibility index (Phi) is 5.51. The highest BCUT2D eigenvalue weighted by Gasteiger charge is 2.12. The van der Waals surface area contributed by atoms with Gasteiger partial charge in [-0.1, -0.05) is 40.5 Å². The number of piperidine rings is 1. The van der Waals surface area contributed by atoms with Crippen LogP contribution >= 0.6 is 15.9 Å². The molecular weight excluding hydrogens is 386 g/mol. The summed E-state index contributed by atoms with van der Waals surface area (Å²) in [6, 6.07) is 15.2. The first-order valence-electron chi connectivity index (χ1n) is 9.34. The average molecular weight is 410 g/mol. The number of rotatable bonds is 4. The first-order chi connectivity index (χ1) is 12.8. The third-order valence-electron chi connectivity index (χ3n) is 5.07. The normalized spacial score (nSPS) is 18.7. The van der Waals surface area contributed by atoms with E-state index >= 15 is 0 Å².